The van der Waals surface area contributed by atoms with Crippen LogP contribution < -0.4 is 5.73 Å². The number of fused-ring (bicyclic) bond motifs is 2. The summed E-state index contributed by atoms with van der Waals surface area (Å²) in [5, 5.41) is 7.54. The molecule has 1 aliphatic heterocycles. The zero-order valence-electron chi connectivity index (χ0n) is 10.3. The number of nitrogen functional groups attached to an aromatic ring is 1. The maximum absolute atomic E-state index is 13.2. The molecule has 1 aromatic carbocycles. The molecule has 3 rings (SSSR count). The Morgan fingerprint density at radius 2 is 2.28 bits per heavy atom. The molecule has 0 spiro atoms. The Balaban J connectivity index is 1.82. The quantitative estimate of drug-likeness (QED) is 0.635. The topological polar surface area (TPSA) is 53.1 Å². The van der Waals surface area contributed by atoms with E-state index < -0.39 is 0 Å². The van der Waals surface area contributed by atoms with E-state index in [0.717, 1.165) is 24.6 Å². The van der Waals surface area contributed by atoms with Crippen molar-refractivity contribution in [3.63, 3.8) is 0 Å². The van der Waals surface area contributed by atoms with Gasteiger partial charge in [-0.15, -0.1) is 0 Å². The summed E-state index contributed by atoms with van der Waals surface area (Å²) in [4.78, 5) is 2.45. The third kappa shape index (κ3) is 2.01. The number of nitrogens with one attached hydrogen (secondary N) is 1. The minimum atomic E-state index is -0.327. The number of piperidine rings is 1. The van der Waals surface area contributed by atoms with Crippen molar-refractivity contribution in [3.05, 3.63) is 35.1 Å². The Bertz CT molecular complexity index is 486. The number of halogens is 1. The van der Waals surface area contributed by atoms with Gasteiger partial charge in [0.25, 0.3) is 0 Å². The van der Waals surface area contributed by atoms with Gasteiger partial charge in [-0.25, -0.2) is 4.39 Å². The van der Waals surface area contributed by atoms with Gasteiger partial charge in [0.15, 0.2) is 0 Å². The number of likely N-dealkylation sites (tertiary alicyclic amines) is 1. The van der Waals surface area contributed by atoms with E-state index in [4.69, 9.17) is 11.1 Å². The molecule has 0 radical (unpaired) electrons. The van der Waals surface area contributed by atoms with Gasteiger partial charge in [-0.3, -0.25) is 10.3 Å². The predicted molar refractivity (Wildman–Crippen MR) is 69.0 cm³/mol. The second-order valence-corrected chi connectivity index (χ2v) is 5.48. The van der Waals surface area contributed by atoms with Crippen LogP contribution in [0.2, 0.25) is 0 Å². The highest BCUT2D eigenvalue weighted by Gasteiger charge is 2.37. The minimum Gasteiger partial charge on any atom is -0.384 e. The maximum atomic E-state index is 13.2. The van der Waals surface area contributed by atoms with Gasteiger partial charge >= 0.3 is 0 Å². The Morgan fingerprint density at radius 1 is 1.44 bits per heavy atom. The molecule has 3 nitrogen and oxygen atoms in total. The van der Waals surface area contributed by atoms with E-state index >= 15 is 0 Å². The number of nitrogens with two attached hydrogens (primary N) is 1. The van der Waals surface area contributed by atoms with E-state index in [-0.39, 0.29) is 11.7 Å². The summed E-state index contributed by atoms with van der Waals surface area (Å²) in [5.74, 6) is 0.469. The standard InChI is InChI=1S/C14H18FN3/c15-11-3-2-10(13(6-11)14(16)17)8-18-7-9-1-4-12(18)5-9/h2-3,6,9,12H,1,4-5,7-8H2,(H3,16,17). The van der Waals surface area contributed by atoms with Crippen LogP contribution >= 0.6 is 0 Å². The van der Waals surface area contributed by atoms with Gasteiger partial charge in [0, 0.05) is 24.7 Å². The summed E-state index contributed by atoms with van der Waals surface area (Å²) in [6.07, 6.45) is 3.93. The van der Waals surface area contributed by atoms with E-state index in [1.54, 1.807) is 6.07 Å². The van der Waals surface area contributed by atoms with E-state index in [1.807, 2.05) is 0 Å². The lowest BCUT2D eigenvalue weighted by molar-refractivity contribution is 0.205. The predicted octanol–water partition coefficient (Wildman–Crippen LogP) is 2.09. The molecule has 1 saturated heterocycles. The number of benzene rings is 1. The molecular formula is C14H18FN3. The van der Waals surface area contributed by atoms with Gasteiger partial charge in [0.1, 0.15) is 11.7 Å². The van der Waals surface area contributed by atoms with Crippen LogP contribution in [0.25, 0.3) is 0 Å². The van der Waals surface area contributed by atoms with Gasteiger partial charge < -0.3 is 5.73 Å². The lowest BCUT2D eigenvalue weighted by Crippen LogP contribution is -2.32. The molecule has 4 heteroatoms. The van der Waals surface area contributed by atoms with Gasteiger partial charge in [-0.05, 0) is 42.9 Å². The SMILES string of the molecule is N=C(N)c1cc(F)ccc1CN1CC2CCC1C2. The number of amidine groups is 1. The smallest absolute Gasteiger partial charge is 0.123 e. The third-order valence-corrected chi connectivity index (χ3v) is 4.26. The molecule has 2 aliphatic rings. The first kappa shape index (κ1) is 11.7. The fourth-order valence-corrected chi connectivity index (χ4v) is 3.38. The largest absolute Gasteiger partial charge is 0.384 e. The van der Waals surface area contributed by atoms with Crippen LogP contribution in [0.15, 0.2) is 18.2 Å². The highest BCUT2D eigenvalue weighted by molar-refractivity contribution is 5.96. The van der Waals surface area contributed by atoms with Crippen molar-refractivity contribution in [1.82, 2.24) is 4.90 Å². The summed E-state index contributed by atoms with van der Waals surface area (Å²) in [7, 11) is 0. The molecule has 2 atom stereocenters. The van der Waals surface area contributed by atoms with Gasteiger partial charge in [0.05, 0.1) is 0 Å². The Morgan fingerprint density at radius 3 is 2.89 bits per heavy atom. The van der Waals surface area contributed by atoms with E-state index in [0.29, 0.717) is 11.6 Å². The normalized spacial score (nSPS) is 26.7. The average Bonchev–Trinajstić information content (AvgIpc) is 2.93. The minimum absolute atomic E-state index is 0.0474. The van der Waals surface area contributed by atoms with Crippen LogP contribution in [0.3, 0.4) is 0 Å². The van der Waals surface area contributed by atoms with Gasteiger partial charge in [-0.1, -0.05) is 6.07 Å². The van der Waals surface area contributed by atoms with Crippen LogP contribution in [0.1, 0.15) is 30.4 Å². The first-order valence-corrected chi connectivity index (χ1v) is 6.50. The third-order valence-electron chi connectivity index (χ3n) is 4.26. The van der Waals surface area contributed by atoms with Crippen molar-refractivity contribution in [2.45, 2.75) is 31.8 Å². The highest BCUT2D eigenvalue weighted by atomic mass is 19.1. The molecule has 1 aliphatic carbocycles. The molecular weight excluding hydrogens is 229 g/mol. The van der Waals surface area contributed by atoms with Crippen molar-refractivity contribution in [3.8, 4) is 0 Å². The number of hydrogen-bond donors (Lipinski definition) is 2. The molecule has 18 heavy (non-hydrogen) atoms. The molecule has 2 fully saturated rings. The molecule has 0 amide bonds. The van der Waals surface area contributed by atoms with Crippen LogP contribution in [-0.4, -0.2) is 23.3 Å². The van der Waals surface area contributed by atoms with Gasteiger partial charge in [-0.2, -0.15) is 0 Å². The molecule has 1 saturated carbocycles. The lowest BCUT2D eigenvalue weighted by atomic mass is 10.0. The first-order chi connectivity index (χ1) is 8.63. The van der Waals surface area contributed by atoms with Crippen LogP contribution in [-0.2, 0) is 6.54 Å². The molecule has 1 heterocycles. The monoisotopic (exact) mass is 247 g/mol. The summed E-state index contributed by atoms with van der Waals surface area (Å²) in [6, 6.07) is 5.26. The fourth-order valence-electron chi connectivity index (χ4n) is 3.38. The number of nitrogens with zero attached hydrogens (tertiary/aromatic N) is 1. The molecule has 96 valence electrons. The highest BCUT2D eigenvalue weighted by Crippen LogP contribution is 2.38. The Labute approximate surface area is 106 Å². The van der Waals surface area contributed by atoms with Crippen LogP contribution in [0.4, 0.5) is 4.39 Å². The van der Waals surface area contributed by atoms with Gasteiger partial charge in [0.2, 0.25) is 0 Å². The lowest BCUT2D eigenvalue weighted by Gasteiger charge is -2.27. The molecule has 2 unspecified atom stereocenters. The second kappa shape index (κ2) is 4.35. The molecule has 3 N–H and O–H groups in total. The summed E-state index contributed by atoms with van der Waals surface area (Å²) in [5.41, 5.74) is 7.04. The van der Waals surface area contributed by atoms with Crippen molar-refractivity contribution in [2.24, 2.45) is 11.7 Å². The van der Waals surface area contributed by atoms with Crippen molar-refractivity contribution in [1.29, 1.82) is 5.41 Å². The second-order valence-electron chi connectivity index (χ2n) is 5.48. The Hall–Kier alpha value is -1.42. The summed E-state index contributed by atoms with van der Waals surface area (Å²) in [6.45, 7) is 1.93. The summed E-state index contributed by atoms with van der Waals surface area (Å²) < 4.78 is 13.2. The zero-order valence-corrected chi connectivity index (χ0v) is 10.3. The van der Waals surface area contributed by atoms with E-state index in [2.05, 4.69) is 4.90 Å². The van der Waals surface area contributed by atoms with Crippen molar-refractivity contribution < 1.29 is 4.39 Å². The number of hydrogen-bond acceptors (Lipinski definition) is 2. The van der Waals surface area contributed by atoms with Crippen LogP contribution in [0.5, 0.6) is 0 Å². The van der Waals surface area contributed by atoms with E-state index in [9.17, 15) is 4.39 Å². The van der Waals surface area contributed by atoms with Crippen molar-refractivity contribution in [2.75, 3.05) is 6.54 Å². The zero-order chi connectivity index (χ0) is 12.7. The summed E-state index contributed by atoms with van der Waals surface area (Å²) >= 11 is 0. The van der Waals surface area contributed by atoms with E-state index in [1.165, 1.54) is 31.4 Å². The molecule has 2 bridgehead atoms. The Kier molecular flexibility index (Phi) is 2.82. The fraction of sp³-hybridized carbons (Fsp3) is 0.500. The molecule has 0 aromatic heterocycles. The average molecular weight is 247 g/mol. The van der Waals surface area contributed by atoms with Crippen LogP contribution in [0, 0.1) is 17.1 Å². The number of rotatable bonds is 3. The molecule has 1 aromatic rings. The first-order valence-electron chi connectivity index (χ1n) is 6.50. The maximum Gasteiger partial charge on any atom is 0.123 e. The van der Waals surface area contributed by atoms with Crippen molar-refractivity contribution >= 4 is 5.84 Å².